The molecule has 4 aromatic rings. The van der Waals surface area contributed by atoms with Crippen molar-refractivity contribution < 1.29 is 13.9 Å². The summed E-state index contributed by atoms with van der Waals surface area (Å²) in [5.74, 6) is 0.678. The molecular weight excluding hydrogens is 444 g/mol. The first-order chi connectivity index (χ1) is 13.5. The van der Waals surface area contributed by atoms with Crippen molar-refractivity contribution >= 4 is 50.2 Å². The van der Waals surface area contributed by atoms with Crippen LogP contribution in [0.2, 0.25) is 5.02 Å². The Morgan fingerprint density at radius 2 is 2.00 bits per heavy atom. The van der Waals surface area contributed by atoms with Crippen LogP contribution in [0, 0.1) is 0 Å². The number of nitrogens with one attached hydrogen (secondary N) is 1. The Morgan fingerprint density at radius 3 is 2.79 bits per heavy atom. The number of halogens is 2. The van der Waals surface area contributed by atoms with Gasteiger partial charge >= 0.3 is 0 Å². The molecule has 1 amide bonds. The van der Waals surface area contributed by atoms with Crippen molar-refractivity contribution in [2.24, 2.45) is 0 Å². The van der Waals surface area contributed by atoms with Gasteiger partial charge in [0, 0.05) is 20.7 Å². The monoisotopic (exact) mass is 456 g/mol. The highest BCUT2D eigenvalue weighted by Crippen LogP contribution is 2.29. The molecule has 0 unspecified atom stereocenters. The minimum absolute atomic E-state index is 0.281. The third-order valence-corrected chi connectivity index (χ3v) is 4.85. The lowest BCUT2D eigenvalue weighted by atomic mass is 10.2. The number of anilines is 1. The first-order valence-electron chi connectivity index (χ1n) is 8.35. The van der Waals surface area contributed by atoms with Gasteiger partial charge in [0.05, 0.1) is 12.7 Å². The van der Waals surface area contributed by atoms with Gasteiger partial charge in [-0.05, 0) is 54.6 Å². The molecule has 0 fully saturated rings. The number of rotatable bonds is 4. The average Bonchev–Trinajstić information content (AvgIpc) is 3.11. The van der Waals surface area contributed by atoms with Crippen molar-refractivity contribution in [2.45, 2.75) is 0 Å². The topological polar surface area (TPSA) is 64.4 Å². The second kappa shape index (κ2) is 7.66. The zero-order valence-corrected chi connectivity index (χ0v) is 17.0. The predicted octanol–water partition coefficient (Wildman–Crippen LogP) is 6.17. The van der Waals surface area contributed by atoms with E-state index in [1.807, 2.05) is 18.2 Å². The van der Waals surface area contributed by atoms with Crippen molar-refractivity contribution in [3.8, 4) is 17.2 Å². The molecule has 0 aliphatic rings. The maximum Gasteiger partial charge on any atom is 0.259 e. The van der Waals surface area contributed by atoms with Crippen molar-refractivity contribution in [3.05, 3.63) is 75.7 Å². The minimum atomic E-state index is -0.281. The summed E-state index contributed by atoms with van der Waals surface area (Å²) >= 11 is 9.41. The van der Waals surface area contributed by atoms with Crippen molar-refractivity contribution in [3.63, 3.8) is 0 Å². The highest BCUT2D eigenvalue weighted by Gasteiger charge is 2.15. The van der Waals surface area contributed by atoms with E-state index in [2.05, 4.69) is 26.2 Å². The number of amides is 1. The molecule has 0 atom stereocenters. The molecule has 0 bridgehead atoms. The van der Waals surface area contributed by atoms with Gasteiger partial charge in [0.25, 0.3) is 5.91 Å². The van der Waals surface area contributed by atoms with Gasteiger partial charge in [0.1, 0.15) is 11.3 Å². The maximum atomic E-state index is 12.7. The first kappa shape index (κ1) is 18.5. The van der Waals surface area contributed by atoms with Gasteiger partial charge in [-0.15, -0.1) is 0 Å². The summed E-state index contributed by atoms with van der Waals surface area (Å²) in [6.45, 7) is 0. The second-order valence-corrected chi connectivity index (χ2v) is 7.36. The van der Waals surface area contributed by atoms with Gasteiger partial charge in [-0.2, -0.15) is 0 Å². The van der Waals surface area contributed by atoms with Crippen molar-refractivity contribution in [1.29, 1.82) is 0 Å². The molecule has 140 valence electrons. The van der Waals surface area contributed by atoms with Gasteiger partial charge in [0.15, 0.2) is 5.58 Å². The number of oxazole rings is 1. The number of aromatic nitrogens is 1. The zero-order valence-electron chi connectivity index (χ0n) is 14.7. The second-order valence-electron chi connectivity index (χ2n) is 6.01. The van der Waals surface area contributed by atoms with E-state index < -0.39 is 0 Å². The molecule has 7 heteroatoms. The SMILES string of the molecule is COc1ccc(Br)cc1C(=O)Nc1ccc2oc(-c3cccc(Cl)c3)nc2c1. The van der Waals surface area contributed by atoms with Gasteiger partial charge in [-0.3, -0.25) is 4.79 Å². The number of methoxy groups -OCH3 is 1. The Hall–Kier alpha value is -2.83. The molecule has 0 aliphatic carbocycles. The van der Waals surface area contributed by atoms with E-state index in [0.29, 0.717) is 39.0 Å². The van der Waals surface area contributed by atoms with E-state index in [1.54, 1.807) is 42.5 Å². The van der Waals surface area contributed by atoms with Crippen molar-refractivity contribution in [2.75, 3.05) is 12.4 Å². The fraction of sp³-hybridized carbons (Fsp3) is 0.0476. The Morgan fingerprint density at radius 1 is 1.14 bits per heavy atom. The Balaban J connectivity index is 1.63. The summed E-state index contributed by atoms with van der Waals surface area (Å²) in [7, 11) is 1.53. The highest BCUT2D eigenvalue weighted by molar-refractivity contribution is 9.10. The average molecular weight is 458 g/mol. The number of hydrogen-bond donors (Lipinski definition) is 1. The molecule has 4 rings (SSSR count). The minimum Gasteiger partial charge on any atom is -0.496 e. The summed E-state index contributed by atoms with van der Waals surface area (Å²) in [6, 6.07) is 17.8. The molecule has 0 saturated carbocycles. The van der Waals surface area contributed by atoms with Crippen LogP contribution in [0.4, 0.5) is 5.69 Å². The Bertz CT molecular complexity index is 1190. The molecule has 1 aromatic heterocycles. The van der Waals surface area contributed by atoms with Crippen LogP contribution in [-0.2, 0) is 0 Å². The van der Waals surface area contributed by atoms with Crippen LogP contribution in [0.3, 0.4) is 0 Å². The Labute approximate surface area is 174 Å². The summed E-state index contributed by atoms with van der Waals surface area (Å²) < 4.78 is 11.9. The lowest BCUT2D eigenvalue weighted by Gasteiger charge is -2.09. The molecule has 0 saturated heterocycles. The number of hydrogen-bond acceptors (Lipinski definition) is 4. The third kappa shape index (κ3) is 3.74. The number of ether oxygens (including phenoxy) is 1. The number of carbonyl (C=O) groups excluding carboxylic acids is 1. The van der Waals surface area contributed by atoms with Crippen LogP contribution < -0.4 is 10.1 Å². The standard InChI is InChI=1S/C21H14BrClN2O3/c1-27-18-7-5-13(22)10-16(18)20(26)24-15-6-8-19-17(11-15)25-21(28-19)12-3-2-4-14(23)9-12/h2-11H,1H3,(H,24,26). The zero-order chi connectivity index (χ0) is 19.7. The maximum absolute atomic E-state index is 12.7. The van der Waals surface area contributed by atoms with Gasteiger partial charge in [-0.25, -0.2) is 4.98 Å². The van der Waals surface area contributed by atoms with E-state index in [1.165, 1.54) is 7.11 Å². The van der Waals surface area contributed by atoms with Crippen LogP contribution in [0.25, 0.3) is 22.6 Å². The van der Waals surface area contributed by atoms with Crippen molar-refractivity contribution in [1.82, 2.24) is 4.98 Å². The van der Waals surface area contributed by atoms with Crippen LogP contribution in [0.15, 0.2) is 69.6 Å². The molecule has 1 N–H and O–H groups in total. The quantitative estimate of drug-likeness (QED) is 0.398. The predicted molar refractivity (Wildman–Crippen MR) is 113 cm³/mol. The lowest BCUT2D eigenvalue weighted by molar-refractivity contribution is 0.102. The summed E-state index contributed by atoms with van der Waals surface area (Å²) in [4.78, 5) is 17.2. The fourth-order valence-electron chi connectivity index (χ4n) is 2.81. The first-order valence-corrected chi connectivity index (χ1v) is 9.52. The lowest BCUT2D eigenvalue weighted by Crippen LogP contribution is -2.13. The molecule has 0 spiro atoms. The van der Waals surface area contributed by atoms with Gasteiger partial charge in [0.2, 0.25) is 5.89 Å². The van der Waals surface area contributed by atoms with E-state index in [0.717, 1.165) is 10.0 Å². The molecule has 0 radical (unpaired) electrons. The normalized spacial score (nSPS) is 10.8. The fourth-order valence-corrected chi connectivity index (χ4v) is 3.36. The van der Waals surface area contributed by atoms with Crippen LogP contribution in [0.5, 0.6) is 5.75 Å². The summed E-state index contributed by atoms with van der Waals surface area (Å²) in [6.07, 6.45) is 0. The number of carbonyl (C=O) groups is 1. The number of fused-ring (bicyclic) bond motifs is 1. The molecule has 3 aromatic carbocycles. The highest BCUT2D eigenvalue weighted by atomic mass is 79.9. The molecule has 0 aliphatic heterocycles. The van der Waals surface area contributed by atoms with Crippen LogP contribution in [-0.4, -0.2) is 18.0 Å². The third-order valence-electron chi connectivity index (χ3n) is 4.12. The van der Waals surface area contributed by atoms with E-state index >= 15 is 0 Å². The van der Waals surface area contributed by atoms with Crippen LogP contribution >= 0.6 is 27.5 Å². The summed E-state index contributed by atoms with van der Waals surface area (Å²) in [5.41, 5.74) is 3.07. The molecular formula is C21H14BrClN2O3. The van der Waals surface area contributed by atoms with E-state index in [9.17, 15) is 4.79 Å². The molecule has 1 heterocycles. The van der Waals surface area contributed by atoms with E-state index in [-0.39, 0.29) is 5.91 Å². The molecule has 28 heavy (non-hydrogen) atoms. The number of nitrogens with zero attached hydrogens (tertiary/aromatic N) is 1. The van der Waals surface area contributed by atoms with Gasteiger partial charge < -0.3 is 14.5 Å². The van der Waals surface area contributed by atoms with Crippen LogP contribution in [0.1, 0.15) is 10.4 Å². The van der Waals surface area contributed by atoms with E-state index in [4.69, 9.17) is 20.8 Å². The van der Waals surface area contributed by atoms with Gasteiger partial charge in [-0.1, -0.05) is 33.6 Å². The smallest absolute Gasteiger partial charge is 0.259 e. The summed E-state index contributed by atoms with van der Waals surface area (Å²) in [5, 5.41) is 3.47. The molecule has 5 nitrogen and oxygen atoms in total. The largest absolute Gasteiger partial charge is 0.496 e. The number of benzene rings is 3. The Kier molecular flexibility index (Phi) is 5.07.